The van der Waals surface area contributed by atoms with Crippen molar-refractivity contribution >= 4 is 28.1 Å². The van der Waals surface area contributed by atoms with Gasteiger partial charge in [-0.2, -0.15) is 4.57 Å². The number of carboxylic acid groups (broad SMARTS) is 1. The summed E-state index contributed by atoms with van der Waals surface area (Å²) in [6.45, 7) is 4.20. The van der Waals surface area contributed by atoms with E-state index in [9.17, 15) is 14.4 Å². The van der Waals surface area contributed by atoms with E-state index >= 15 is 0 Å². The predicted octanol–water partition coefficient (Wildman–Crippen LogP) is 0.316. The van der Waals surface area contributed by atoms with Crippen molar-refractivity contribution in [1.82, 2.24) is 10.6 Å². The zero-order valence-electron chi connectivity index (χ0n) is 17.5. The van der Waals surface area contributed by atoms with Crippen LogP contribution >= 0.6 is 0 Å². The van der Waals surface area contributed by atoms with Gasteiger partial charge in [0.25, 0.3) is 12.6 Å². The number of ether oxygens (including phenoxy) is 1. The van der Waals surface area contributed by atoms with Crippen LogP contribution in [-0.2, 0) is 26.4 Å². The lowest BCUT2D eigenvalue weighted by atomic mass is 9.94. The van der Waals surface area contributed by atoms with Crippen molar-refractivity contribution < 1.29 is 41.8 Å². The molecule has 2 amide bonds. The van der Waals surface area contributed by atoms with Gasteiger partial charge in [0.1, 0.15) is 5.56 Å². The Balaban J connectivity index is 0.00000150. The Hall–Kier alpha value is -2.73. The second-order valence-electron chi connectivity index (χ2n) is 6.93. The summed E-state index contributed by atoms with van der Waals surface area (Å²) in [5.74, 6) is -0.925. The highest BCUT2D eigenvalue weighted by Gasteiger charge is 2.17. The molecule has 0 radical (unpaired) electrons. The molecule has 0 bridgehead atoms. The Bertz CT molecular complexity index is 803. The largest absolute Gasteiger partial charge is 0.748 e. The number of hydrogen-bond donors (Lipinski definition) is 3. The molecule has 0 aliphatic carbocycles. The van der Waals surface area contributed by atoms with Crippen molar-refractivity contribution in [3.05, 3.63) is 30.1 Å². The van der Waals surface area contributed by atoms with E-state index in [4.69, 9.17) is 22.8 Å². The minimum atomic E-state index is -3.92. The molecular formula is C18H29N3O8S. The zero-order chi connectivity index (χ0) is 23.3. The van der Waals surface area contributed by atoms with Gasteiger partial charge in [0.05, 0.1) is 10.1 Å². The molecule has 1 heterocycles. The first-order valence-electron chi connectivity index (χ1n) is 9.06. The van der Waals surface area contributed by atoms with E-state index in [1.165, 1.54) is 7.05 Å². The van der Waals surface area contributed by atoms with Crippen molar-refractivity contribution in [3.63, 3.8) is 0 Å². The maximum absolute atomic E-state index is 11.8. The fourth-order valence-electron chi connectivity index (χ4n) is 2.45. The number of nitrogens with zero attached hydrogens (tertiary/aromatic N) is 1. The Morgan fingerprint density at radius 2 is 1.90 bits per heavy atom. The fraction of sp³-hybridized carbons (Fsp3) is 0.556. The van der Waals surface area contributed by atoms with Crippen molar-refractivity contribution in [3.8, 4) is 0 Å². The SMILES string of the molecule is CNC(=O)c1ccc[n+](COC(=O)NC[C@H](CC(=O)O)CC(C)C)c1.CS(=O)(=O)[O-]. The van der Waals surface area contributed by atoms with Crippen LogP contribution in [0, 0.1) is 11.8 Å². The second-order valence-corrected chi connectivity index (χ2v) is 8.33. The highest BCUT2D eigenvalue weighted by atomic mass is 32.2. The average molecular weight is 448 g/mol. The number of carbonyl (C=O) groups excluding carboxylic acids is 2. The summed E-state index contributed by atoms with van der Waals surface area (Å²) < 4.78 is 33.9. The first kappa shape index (κ1) is 27.3. The lowest BCUT2D eigenvalue weighted by Crippen LogP contribution is -2.40. The predicted molar refractivity (Wildman–Crippen MR) is 105 cm³/mol. The lowest BCUT2D eigenvalue weighted by Gasteiger charge is -2.17. The zero-order valence-corrected chi connectivity index (χ0v) is 18.3. The first-order chi connectivity index (χ1) is 13.8. The van der Waals surface area contributed by atoms with E-state index in [2.05, 4.69) is 10.6 Å². The highest BCUT2D eigenvalue weighted by molar-refractivity contribution is 7.84. The molecule has 1 aromatic rings. The number of alkyl carbamates (subject to hydrolysis) is 1. The molecule has 0 saturated heterocycles. The number of nitrogens with one attached hydrogen (secondary N) is 2. The topological polar surface area (TPSA) is 166 Å². The average Bonchev–Trinajstić information content (AvgIpc) is 2.61. The molecule has 0 aliphatic heterocycles. The molecule has 170 valence electrons. The highest BCUT2D eigenvalue weighted by Crippen LogP contribution is 2.14. The normalized spacial score (nSPS) is 11.7. The number of carbonyl (C=O) groups is 3. The van der Waals surface area contributed by atoms with E-state index in [1.807, 2.05) is 13.8 Å². The van der Waals surface area contributed by atoms with E-state index in [1.54, 1.807) is 29.1 Å². The van der Waals surface area contributed by atoms with Gasteiger partial charge in [0.15, 0.2) is 12.4 Å². The third kappa shape index (κ3) is 15.2. The van der Waals surface area contributed by atoms with Crippen LogP contribution in [0.5, 0.6) is 0 Å². The molecule has 1 rings (SSSR count). The summed E-state index contributed by atoms with van der Waals surface area (Å²) in [5.41, 5.74) is 0.451. The molecule has 3 N–H and O–H groups in total. The van der Waals surface area contributed by atoms with E-state index in [0.29, 0.717) is 24.2 Å². The molecule has 1 aromatic heterocycles. The van der Waals surface area contributed by atoms with Crippen LogP contribution in [0.25, 0.3) is 0 Å². The van der Waals surface area contributed by atoms with Gasteiger partial charge in [-0.3, -0.25) is 9.59 Å². The van der Waals surface area contributed by atoms with Crippen molar-refractivity contribution in [2.75, 3.05) is 19.8 Å². The van der Waals surface area contributed by atoms with Gasteiger partial charge in [-0.15, -0.1) is 0 Å². The van der Waals surface area contributed by atoms with Crippen LogP contribution in [-0.4, -0.2) is 55.9 Å². The Kier molecular flexibility index (Phi) is 12.3. The summed E-state index contributed by atoms with van der Waals surface area (Å²) in [7, 11) is -2.38. The van der Waals surface area contributed by atoms with Gasteiger partial charge in [0, 0.05) is 32.3 Å². The molecule has 30 heavy (non-hydrogen) atoms. The monoisotopic (exact) mass is 447 g/mol. The number of carboxylic acids is 1. The fourth-order valence-corrected chi connectivity index (χ4v) is 2.45. The summed E-state index contributed by atoms with van der Waals surface area (Å²) in [5, 5.41) is 14.0. The molecule has 0 saturated carbocycles. The minimum absolute atomic E-state index is 0.00137. The first-order valence-corrected chi connectivity index (χ1v) is 10.9. The number of aromatic nitrogens is 1. The molecule has 0 spiro atoms. The third-order valence-electron chi connectivity index (χ3n) is 3.50. The van der Waals surface area contributed by atoms with E-state index in [-0.39, 0.29) is 31.5 Å². The quantitative estimate of drug-likeness (QED) is 0.359. The van der Waals surface area contributed by atoms with Crippen LogP contribution in [0.1, 0.15) is 37.0 Å². The van der Waals surface area contributed by atoms with Gasteiger partial charge < -0.3 is 25.0 Å². The van der Waals surface area contributed by atoms with Crippen LogP contribution in [0.4, 0.5) is 4.79 Å². The number of pyridine rings is 1. The lowest BCUT2D eigenvalue weighted by molar-refractivity contribution is -0.727. The van der Waals surface area contributed by atoms with Crippen LogP contribution in [0.3, 0.4) is 0 Å². The molecule has 1 atom stereocenters. The second kappa shape index (κ2) is 13.5. The Morgan fingerprint density at radius 1 is 1.30 bits per heavy atom. The van der Waals surface area contributed by atoms with Crippen molar-refractivity contribution in [2.45, 2.75) is 33.4 Å². The number of rotatable bonds is 9. The smallest absolute Gasteiger partial charge is 0.412 e. The van der Waals surface area contributed by atoms with Crippen molar-refractivity contribution in [1.29, 1.82) is 0 Å². The van der Waals surface area contributed by atoms with Gasteiger partial charge in [-0.05, 0) is 24.3 Å². The minimum Gasteiger partial charge on any atom is -0.748 e. The maximum atomic E-state index is 11.8. The van der Waals surface area contributed by atoms with E-state index in [0.717, 1.165) is 0 Å². The van der Waals surface area contributed by atoms with Gasteiger partial charge in [-0.25, -0.2) is 13.2 Å². The van der Waals surface area contributed by atoms with Crippen LogP contribution < -0.4 is 15.2 Å². The molecular weight excluding hydrogens is 418 g/mol. The number of amides is 2. The Morgan fingerprint density at radius 3 is 2.40 bits per heavy atom. The van der Waals surface area contributed by atoms with Gasteiger partial charge >= 0.3 is 12.1 Å². The third-order valence-corrected chi connectivity index (χ3v) is 3.50. The van der Waals surface area contributed by atoms with Gasteiger partial charge in [0.2, 0.25) is 0 Å². The van der Waals surface area contributed by atoms with Gasteiger partial charge in [-0.1, -0.05) is 13.8 Å². The maximum Gasteiger partial charge on any atom is 0.412 e. The molecule has 12 heteroatoms. The number of aliphatic carboxylic acids is 1. The standard InChI is InChI=1S/C17H25N3O5.CH4O3S/c1-12(2)7-13(8-15(21)22)9-19-17(24)25-11-20-6-4-5-14(10-20)16(23)18-3;1-5(2,3)4/h4-6,10,12-13H,7-9,11H2,1-3H3,(H2-,18,19,21,22,23,24);1H3,(H,2,3,4)/t13-;/m0./s1. The van der Waals surface area contributed by atoms with Crippen molar-refractivity contribution in [2.24, 2.45) is 11.8 Å². The Labute approximate surface area is 176 Å². The van der Waals surface area contributed by atoms with Crippen LogP contribution in [0.2, 0.25) is 0 Å². The molecule has 0 unspecified atom stereocenters. The summed E-state index contributed by atoms with van der Waals surface area (Å²) in [4.78, 5) is 34.2. The molecule has 0 aromatic carbocycles. The van der Waals surface area contributed by atoms with Crippen LogP contribution in [0.15, 0.2) is 24.5 Å². The molecule has 0 fully saturated rings. The van der Waals surface area contributed by atoms with E-state index < -0.39 is 22.2 Å². The summed E-state index contributed by atoms with van der Waals surface area (Å²) in [6.07, 6.45) is 3.92. The summed E-state index contributed by atoms with van der Waals surface area (Å²) >= 11 is 0. The summed E-state index contributed by atoms with van der Waals surface area (Å²) in [6, 6.07) is 3.33. The number of hydrogen-bond acceptors (Lipinski definition) is 7. The molecule has 11 nitrogen and oxygen atoms in total. The molecule has 0 aliphatic rings.